The second kappa shape index (κ2) is 12.3. The van der Waals surface area contributed by atoms with Crippen LogP contribution in [0.15, 0.2) is 53.1 Å². The first-order chi connectivity index (χ1) is 18.2. The Hall–Kier alpha value is -3.57. The van der Waals surface area contributed by atoms with Gasteiger partial charge in [0.2, 0.25) is 5.89 Å². The summed E-state index contributed by atoms with van der Waals surface area (Å²) in [5.41, 5.74) is 0.659. The number of amides is 1. The molecule has 1 fully saturated rings. The first kappa shape index (κ1) is 27.5. The summed E-state index contributed by atoms with van der Waals surface area (Å²) < 4.78 is 61.7. The van der Waals surface area contributed by atoms with Gasteiger partial charge in [-0.25, -0.2) is 4.98 Å². The number of methoxy groups -OCH3 is 2. The molecule has 2 aromatic carbocycles. The van der Waals surface area contributed by atoms with Crippen LogP contribution in [0.25, 0.3) is 0 Å². The van der Waals surface area contributed by atoms with Crippen molar-refractivity contribution in [2.45, 2.75) is 44.8 Å². The molecule has 0 spiro atoms. The molecule has 1 aromatic heterocycles. The van der Waals surface area contributed by atoms with Gasteiger partial charge in [0.1, 0.15) is 17.8 Å². The summed E-state index contributed by atoms with van der Waals surface area (Å²) in [5, 5.41) is 2.80. The molecule has 1 amide bonds. The highest BCUT2D eigenvalue weighted by atomic mass is 19.4. The third-order valence-corrected chi connectivity index (χ3v) is 6.21. The highest BCUT2D eigenvalue weighted by Gasteiger charge is 2.30. The predicted molar refractivity (Wildman–Crippen MR) is 132 cm³/mol. The number of hydrogen-bond acceptors (Lipinski definition) is 7. The minimum Gasteiger partial charge on any atom is -0.497 e. The molecule has 4 rings (SSSR count). The van der Waals surface area contributed by atoms with Crippen LogP contribution < -0.4 is 14.8 Å². The van der Waals surface area contributed by atoms with Gasteiger partial charge in [0.05, 0.1) is 32.4 Å². The van der Waals surface area contributed by atoms with Gasteiger partial charge < -0.3 is 23.9 Å². The van der Waals surface area contributed by atoms with Crippen molar-refractivity contribution in [2.24, 2.45) is 0 Å². The molecule has 1 N–H and O–H groups in total. The normalized spacial score (nSPS) is 15.6. The van der Waals surface area contributed by atoms with Crippen LogP contribution in [0, 0.1) is 0 Å². The minimum absolute atomic E-state index is 0.00671. The maximum Gasteiger partial charge on any atom is 0.416 e. The van der Waals surface area contributed by atoms with E-state index in [1.165, 1.54) is 19.4 Å². The van der Waals surface area contributed by atoms with E-state index in [0.29, 0.717) is 36.8 Å². The molecule has 0 saturated carbocycles. The minimum atomic E-state index is -4.45. The van der Waals surface area contributed by atoms with Crippen LogP contribution in [-0.2, 0) is 30.5 Å². The van der Waals surface area contributed by atoms with E-state index in [2.05, 4.69) is 10.3 Å². The third kappa shape index (κ3) is 7.26. The largest absolute Gasteiger partial charge is 0.497 e. The summed E-state index contributed by atoms with van der Waals surface area (Å²) in [6, 6.07) is 10.5. The summed E-state index contributed by atoms with van der Waals surface area (Å²) in [5.74, 6) is 1.06. The van der Waals surface area contributed by atoms with Crippen molar-refractivity contribution in [3.63, 3.8) is 0 Å². The fourth-order valence-corrected chi connectivity index (χ4v) is 4.28. The van der Waals surface area contributed by atoms with E-state index < -0.39 is 11.7 Å². The lowest BCUT2D eigenvalue weighted by molar-refractivity contribution is -0.137. The number of oxazole rings is 1. The topological polar surface area (TPSA) is 86.1 Å². The standard InChI is InChI=1S/C27H30F3N3O5/c1-35-21-9-8-19(24(12-21)36-2)15-33(14-18-5-3-6-20(11-18)27(28,29)30)16-25-32-23(17-38-25)26(34)31-13-22-7-4-10-37-22/h3,5-6,8-9,11-12,17,22H,4,7,10,13-16H2,1-2H3,(H,31,34)/t22-/m1/s1. The van der Waals surface area contributed by atoms with Crippen LogP contribution in [-0.4, -0.2) is 49.3 Å². The van der Waals surface area contributed by atoms with Crippen molar-refractivity contribution >= 4 is 5.91 Å². The lowest BCUT2D eigenvalue weighted by atomic mass is 10.1. The van der Waals surface area contributed by atoms with Crippen molar-refractivity contribution < 1.29 is 36.6 Å². The molecule has 0 unspecified atom stereocenters. The molecule has 8 nitrogen and oxygen atoms in total. The van der Waals surface area contributed by atoms with Crippen LogP contribution >= 0.6 is 0 Å². The van der Waals surface area contributed by atoms with Gasteiger partial charge in [0, 0.05) is 37.9 Å². The Morgan fingerprint density at radius 1 is 1.13 bits per heavy atom. The van der Waals surface area contributed by atoms with E-state index in [-0.39, 0.29) is 36.7 Å². The van der Waals surface area contributed by atoms with Gasteiger partial charge in [-0.2, -0.15) is 13.2 Å². The molecule has 3 aromatic rings. The number of rotatable bonds is 11. The summed E-state index contributed by atoms with van der Waals surface area (Å²) in [6.45, 7) is 1.70. The first-order valence-electron chi connectivity index (χ1n) is 12.2. The average molecular weight is 534 g/mol. The van der Waals surface area contributed by atoms with Crippen LogP contribution in [0.4, 0.5) is 13.2 Å². The molecule has 1 aliphatic rings. The quantitative estimate of drug-likeness (QED) is 0.378. The van der Waals surface area contributed by atoms with E-state index in [9.17, 15) is 18.0 Å². The van der Waals surface area contributed by atoms with Crippen molar-refractivity contribution in [1.82, 2.24) is 15.2 Å². The number of aromatic nitrogens is 1. The molecule has 2 heterocycles. The molecule has 0 radical (unpaired) electrons. The zero-order valence-corrected chi connectivity index (χ0v) is 21.2. The van der Waals surface area contributed by atoms with Crippen molar-refractivity contribution in [3.05, 3.63) is 77.0 Å². The Morgan fingerprint density at radius 3 is 2.68 bits per heavy atom. The molecule has 0 aliphatic carbocycles. The number of nitrogens with one attached hydrogen (secondary N) is 1. The maximum absolute atomic E-state index is 13.3. The second-order valence-corrected chi connectivity index (χ2v) is 8.99. The molecule has 1 aliphatic heterocycles. The second-order valence-electron chi connectivity index (χ2n) is 8.99. The maximum atomic E-state index is 13.3. The van der Waals surface area contributed by atoms with Crippen molar-refractivity contribution in [1.29, 1.82) is 0 Å². The van der Waals surface area contributed by atoms with Crippen LogP contribution in [0.1, 0.15) is 45.9 Å². The number of halogens is 3. The van der Waals surface area contributed by atoms with Crippen molar-refractivity contribution in [3.8, 4) is 11.5 Å². The van der Waals surface area contributed by atoms with Crippen LogP contribution in [0.5, 0.6) is 11.5 Å². The van der Waals surface area contributed by atoms with Crippen LogP contribution in [0.2, 0.25) is 0 Å². The lowest BCUT2D eigenvalue weighted by Crippen LogP contribution is -2.32. The third-order valence-electron chi connectivity index (χ3n) is 6.21. The van der Waals surface area contributed by atoms with Gasteiger partial charge in [-0.3, -0.25) is 9.69 Å². The van der Waals surface area contributed by atoms with Crippen LogP contribution in [0.3, 0.4) is 0 Å². The Labute approximate surface area is 218 Å². The molecular formula is C27H30F3N3O5. The molecule has 1 atom stereocenters. The van der Waals surface area contributed by atoms with Gasteiger partial charge in [-0.15, -0.1) is 0 Å². The van der Waals surface area contributed by atoms with E-state index in [1.54, 1.807) is 25.3 Å². The summed E-state index contributed by atoms with van der Waals surface area (Å²) >= 11 is 0. The molecular weight excluding hydrogens is 503 g/mol. The van der Waals surface area contributed by atoms with E-state index >= 15 is 0 Å². The molecule has 0 bridgehead atoms. The first-order valence-corrected chi connectivity index (χ1v) is 12.2. The zero-order valence-electron chi connectivity index (χ0n) is 21.2. The van der Waals surface area contributed by atoms with E-state index in [1.807, 2.05) is 11.0 Å². The lowest BCUT2D eigenvalue weighted by Gasteiger charge is -2.23. The SMILES string of the molecule is COc1ccc(CN(Cc2cccc(C(F)(F)F)c2)Cc2nc(C(=O)NC[C@H]3CCCO3)co2)c(OC)c1. The van der Waals surface area contributed by atoms with Gasteiger partial charge in [-0.1, -0.05) is 24.3 Å². The number of carbonyl (C=O) groups is 1. The monoisotopic (exact) mass is 533 g/mol. The Bertz CT molecular complexity index is 1220. The molecule has 204 valence electrons. The molecule has 11 heteroatoms. The number of alkyl halides is 3. The highest BCUT2D eigenvalue weighted by Crippen LogP contribution is 2.31. The van der Waals surface area contributed by atoms with E-state index in [0.717, 1.165) is 30.5 Å². The highest BCUT2D eigenvalue weighted by molar-refractivity contribution is 5.91. The van der Waals surface area contributed by atoms with Gasteiger partial charge in [-0.05, 0) is 30.5 Å². The van der Waals surface area contributed by atoms with Gasteiger partial charge in [0.15, 0.2) is 5.69 Å². The average Bonchev–Trinajstić information content (AvgIpc) is 3.60. The molecule has 1 saturated heterocycles. The summed E-state index contributed by atoms with van der Waals surface area (Å²) in [6.07, 6.45) is -1.32. The Kier molecular flexibility index (Phi) is 8.90. The number of benzene rings is 2. The van der Waals surface area contributed by atoms with Crippen molar-refractivity contribution in [2.75, 3.05) is 27.4 Å². The Balaban J connectivity index is 1.52. The number of hydrogen-bond donors (Lipinski definition) is 1. The van der Waals surface area contributed by atoms with E-state index in [4.69, 9.17) is 18.6 Å². The molecule has 38 heavy (non-hydrogen) atoms. The fraction of sp³-hybridized carbons (Fsp3) is 0.407. The smallest absolute Gasteiger partial charge is 0.416 e. The number of carbonyl (C=O) groups excluding carboxylic acids is 1. The fourth-order valence-electron chi connectivity index (χ4n) is 4.28. The Morgan fingerprint density at radius 2 is 1.97 bits per heavy atom. The number of ether oxygens (including phenoxy) is 3. The predicted octanol–water partition coefficient (Wildman–Crippen LogP) is 4.82. The summed E-state index contributed by atoms with van der Waals surface area (Å²) in [4.78, 5) is 18.7. The van der Waals surface area contributed by atoms with Gasteiger partial charge >= 0.3 is 6.18 Å². The summed E-state index contributed by atoms with van der Waals surface area (Å²) in [7, 11) is 3.08. The number of nitrogens with zero attached hydrogens (tertiary/aromatic N) is 2. The van der Waals surface area contributed by atoms with Gasteiger partial charge in [0.25, 0.3) is 5.91 Å². The zero-order chi connectivity index (χ0) is 27.1.